The highest BCUT2D eigenvalue weighted by atomic mass is 19.4. The standard InChI is InChI=1S/C13H16F3NO2/c1-11(2,6-8-7-18-8)9-5-10(19-17-9)12(3-4-12)13(14,15)16/h5,8H,3-4,6-7H2,1-2H3. The van der Waals surface area contributed by atoms with Crippen LogP contribution in [-0.4, -0.2) is 24.0 Å². The largest absolute Gasteiger partial charge is 0.401 e. The topological polar surface area (TPSA) is 38.6 Å². The van der Waals surface area contributed by atoms with Crippen molar-refractivity contribution >= 4 is 0 Å². The molecule has 1 aromatic heterocycles. The molecule has 2 aliphatic rings. The van der Waals surface area contributed by atoms with Gasteiger partial charge in [-0.2, -0.15) is 13.2 Å². The molecule has 6 heteroatoms. The number of hydrogen-bond acceptors (Lipinski definition) is 3. The molecule has 2 heterocycles. The van der Waals surface area contributed by atoms with Gasteiger partial charge in [-0.15, -0.1) is 0 Å². The Bertz CT molecular complexity index is 484. The highest BCUT2D eigenvalue weighted by Crippen LogP contribution is 2.59. The van der Waals surface area contributed by atoms with E-state index in [-0.39, 0.29) is 30.1 Å². The van der Waals surface area contributed by atoms with Crippen LogP contribution < -0.4 is 0 Å². The molecule has 3 rings (SSSR count). The van der Waals surface area contributed by atoms with Crippen molar-refractivity contribution in [1.29, 1.82) is 0 Å². The summed E-state index contributed by atoms with van der Waals surface area (Å²) in [6.07, 6.45) is -3.12. The van der Waals surface area contributed by atoms with Crippen LogP contribution in [0.5, 0.6) is 0 Å². The lowest BCUT2D eigenvalue weighted by atomic mass is 9.84. The molecule has 2 fully saturated rings. The Kier molecular flexibility index (Phi) is 2.56. The van der Waals surface area contributed by atoms with Gasteiger partial charge >= 0.3 is 6.18 Å². The summed E-state index contributed by atoms with van der Waals surface area (Å²) in [7, 11) is 0. The van der Waals surface area contributed by atoms with Crippen LogP contribution in [0.1, 0.15) is 44.6 Å². The monoisotopic (exact) mass is 275 g/mol. The lowest BCUT2D eigenvalue weighted by Crippen LogP contribution is -2.28. The molecule has 3 nitrogen and oxygen atoms in total. The molecule has 0 amide bonds. The molecule has 0 spiro atoms. The molecule has 106 valence electrons. The van der Waals surface area contributed by atoms with Crippen LogP contribution in [0.4, 0.5) is 13.2 Å². The van der Waals surface area contributed by atoms with E-state index in [0.717, 1.165) is 13.0 Å². The van der Waals surface area contributed by atoms with Gasteiger partial charge in [-0.05, 0) is 19.3 Å². The third-order valence-corrected chi connectivity index (χ3v) is 4.11. The quantitative estimate of drug-likeness (QED) is 0.791. The van der Waals surface area contributed by atoms with Gasteiger partial charge < -0.3 is 9.26 Å². The number of ether oxygens (including phenoxy) is 1. The molecule has 0 bridgehead atoms. The molecule has 19 heavy (non-hydrogen) atoms. The van der Waals surface area contributed by atoms with Crippen LogP contribution in [0.15, 0.2) is 10.6 Å². The normalized spacial score (nSPS) is 25.4. The highest BCUT2D eigenvalue weighted by molar-refractivity contribution is 5.29. The summed E-state index contributed by atoms with van der Waals surface area (Å²) in [6, 6.07) is 1.48. The number of alkyl halides is 3. The Morgan fingerprint density at radius 2 is 2.00 bits per heavy atom. The summed E-state index contributed by atoms with van der Waals surface area (Å²) < 4.78 is 49.2. The van der Waals surface area contributed by atoms with Gasteiger partial charge in [-0.1, -0.05) is 19.0 Å². The van der Waals surface area contributed by atoms with Gasteiger partial charge in [0.05, 0.1) is 18.4 Å². The Morgan fingerprint density at radius 1 is 1.37 bits per heavy atom. The highest BCUT2D eigenvalue weighted by Gasteiger charge is 2.67. The van der Waals surface area contributed by atoms with Crippen molar-refractivity contribution in [3.63, 3.8) is 0 Å². The van der Waals surface area contributed by atoms with Crippen LogP contribution >= 0.6 is 0 Å². The van der Waals surface area contributed by atoms with Crippen LogP contribution in [0.25, 0.3) is 0 Å². The second-order valence-corrected chi connectivity index (χ2v) is 6.20. The van der Waals surface area contributed by atoms with Gasteiger partial charge in [0.1, 0.15) is 5.41 Å². The molecule has 1 atom stereocenters. The van der Waals surface area contributed by atoms with Crippen molar-refractivity contribution in [1.82, 2.24) is 5.16 Å². The molecular weight excluding hydrogens is 259 g/mol. The number of rotatable bonds is 4. The van der Waals surface area contributed by atoms with Crippen molar-refractivity contribution < 1.29 is 22.4 Å². The third-order valence-electron chi connectivity index (χ3n) is 4.11. The second-order valence-electron chi connectivity index (χ2n) is 6.20. The van der Waals surface area contributed by atoms with E-state index in [1.54, 1.807) is 0 Å². The van der Waals surface area contributed by atoms with Gasteiger partial charge in [-0.25, -0.2) is 0 Å². The summed E-state index contributed by atoms with van der Waals surface area (Å²) in [6.45, 7) is 4.62. The zero-order chi connectivity index (χ0) is 13.9. The van der Waals surface area contributed by atoms with E-state index in [2.05, 4.69) is 5.16 Å². The fraction of sp³-hybridized carbons (Fsp3) is 0.769. The van der Waals surface area contributed by atoms with E-state index in [4.69, 9.17) is 9.26 Å². The van der Waals surface area contributed by atoms with Crippen LogP contribution in [-0.2, 0) is 15.6 Å². The SMILES string of the molecule is CC(C)(CC1CO1)c1cc(C2(C(F)(F)F)CC2)on1. The molecule has 1 unspecified atom stereocenters. The van der Waals surface area contributed by atoms with Crippen molar-refractivity contribution in [3.8, 4) is 0 Å². The number of aromatic nitrogens is 1. The fourth-order valence-electron chi connectivity index (χ4n) is 2.47. The van der Waals surface area contributed by atoms with E-state index < -0.39 is 11.6 Å². The zero-order valence-corrected chi connectivity index (χ0v) is 10.9. The molecule has 0 aromatic carbocycles. The minimum Gasteiger partial charge on any atom is -0.373 e. The molecule has 1 aliphatic heterocycles. The maximum absolute atomic E-state index is 13.0. The minimum absolute atomic E-state index is 0.0419. The molecule has 1 saturated carbocycles. The number of halogens is 3. The minimum atomic E-state index is -4.26. The zero-order valence-electron chi connectivity index (χ0n) is 10.9. The first-order chi connectivity index (χ1) is 8.75. The summed E-state index contributed by atoms with van der Waals surface area (Å²) in [5.74, 6) is -0.0419. The van der Waals surface area contributed by atoms with E-state index >= 15 is 0 Å². The Hall–Kier alpha value is -1.04. The Labute approximate surface area is 109 Å². The fourth-order valence-corrected chi connectivity index (χ4v) is 2.47. The Balaban J connectivity index is 1.83. The van der Waals surface area contributed by atoms with Crippen molar-refractivity contribution in [2.24, 2.45) is 0 Å². The first-order valence-electron chi connectivity index (χ1n) is 6.41. The van der Waals surface area contributed by atoms with Gasteiger partial charge in [0.15, 0.2) is 5.76 Å². The maximum Gasteiger partial charge on any atom is 0.401 e. The van der Waals surface area contributed by atoms with Crippen LogP contribution in [0, 0.1) is 0 Å². The van der Waals surface area contributed by atoms with Gasteiger partial charge in [0.25, 0.3) is 0 Å². The van der Waals surface area contributed by atoms with Gasteiger partial charge in [0, 0.05) is 11.5 Å². The molecule has 1 aromatic rings. The van der Waals surface area contributed by atoms with E-state index in [9.17, 15) is 13.2 Å². The van der Waals surface area contributed by atoms with Crippen LogP contribution in [0.3, 0.4) is 0 Å². The lowest BCUT2D eigenvalue weighted by molar-refractivity contribution is -0.165. The summed E-state index contributed by atoms with van der Waals surface area (Å²) in [4.78, 5) is 0. The Morgan fingerprint density at radius 3 is 2.47 bits per heavy atom. The van der Waals surface area contributed by atoms with E-state index in [1.807, 2.05) is 13.8 Å². The second kappa shape index (κ2) is 3.75. The molecule has 0 radical (unpaired) electrons. The number of epoxide rings is 1. The third kappa shape index (κ3) is 2.16. The number of hydrogen-bond donors (Lipinski definition) is 0. The van der Waals surface area contributed by atoms with Gasteiger partial charge in [0.2, 0.25) is 0 Å². The van der Waals surface area contributed by atoms with Crippen molar-refractivity contribution in [3.05, 3.63) is 17.5 Å². The van der Waals surface area contributed by atoms with Crippen molar-refractivity contribution in [2.45, 2.75) is 56.2 Å². The molecular formula is C13H16F3NO2. The molecule has 1 aliphatic carbocycles. The molecule has 1 saturated heterocycles. The predicted molar refractivity (Wildman–Crippen MR) is 60.9 cm³/mol. The lowest BCUT2D eigenvalue weighted by Gasteiger charge is -2.20. The average molecular weight is 275 g/mol. The summed E-state index contributed by atoms with van der Waals surface area (Å²) in [5.41, 5.74) is -1.54. The predicted octanol–water partition coefficient (Wildman–Crippen LogP) is 3.34. The van der Waals surface area contributed by atoms with E-state index in [1.165, 1.54) is 6.07 Å². The van der Waals surface area contributed by atoms with Crippen molar-refractivity contribution in [2.75, 3.05) is 6.61 Å². The number of nitrogens with zero attached hydrogens (tertiary/aromatic N) is 1. The summed E-state index contributed by atoms with van der Waals surface area (Å²) in [5, 5.41) is 3.86. The first-order valence-corrected chi connectivity index (χ1v) is 6.41. The smallest absolute Gasteiger partial charge is 0.373 e. The molecule has 0 N–H and O–H groups in total. The average Bonchev–Trinajstić information content (AvgIpc) is 3.18. The maximum atomic E-state index is 13.0. The van der Waals surface area contributed by atoms with E-state index in [0.29, 0.717) is 5.69 Å². The van der Waals surface area contributed by atoms with Gasteiger partial charge in [-0.3, -0.25) is 0 Å². The van der Waals surface area contributed by atoms with Crippen LogP contribution in [0.2, 0.25) is 0 Å². The first kappa shape index (κ1) is 13.0. The summed E-state index contributed by atoms with van der Waals surface area (Å²) >= 11 is 0.